The monoisotopic (exact) mass is 473 g/mol. The van der Waals surface area contributed by atoms with E-state index in [9.17, 15) is 9.59 Å². The van der Waals surface area contributed by atoms with Gasteiger partial charge in [0.15, 0.2) is 0 Å². The van der Waals surface area contributed by atoms with Crippen LogP contribution in [0, 0.1) is 0 Å². The first-order valence-electron chi connectivity index (χ1n) is 7.61. The fourth-order valence-corrected chi connectivity index (χ4v) is 2.69. The van der Waals surface area contributed by atoms with Crippen molar-refractivity contribution in [1.82, 2.24) is 4.98 Å². The van der Waals surface area contributed by atoms with Gasteiger partial charge in [0.2, 0.25) is 0 Å². The largest absolute Gasteiger partial charge is 0.322 e. The van der Waals surface area contributed by atoms with E-state index in [2.05, 4.69) is 47.5 Å². The number of aromatic nitrogens is 1. The zero-order valence-corrected chi connectivity index (χ0v) is 16.5. The highest BCUT2D eigenvalue weighted by Crippen LogP contribution is 2.17. The highest BCUT2D eigenvalue weighted by molar-refractivity contribution is 9.10. The Morgan fingerprint density at radius 2 is 1.23 bits per heavy atom. The zero-order chi connectivity index (χ0) is 18.5. The van der Waals surface area contributed by atoms with Gasteiger partial charge in [0.05, 0.1) is 0 Å². The minimum absolute atomic E-state index is 0.163. The van der Waals surface area contributed by atoms with Gasteiger partial charge in [0.25, 0.3) is 11.8 Å². The summed E-state index contributed by atoms with van der Waals surface area (Å²) in [6.45, 7) is 0. The number of nitrogens with one attached hydrogen (secondary N) is 2. The Bertz CT molecular complexity index is 867. The first-order valence-corrected chi connectivity index (χ1v) is 9.20. The van der Waals surface area contributed by atoms with Crippen molar-refractivity contribution < 1.29 is 9.59 Å². The molecule has 0 aliphatic rings. The molecular formula is C19H13Br2N3O2. The molecule has 3 rings (SSSR count). The van der Waals surface area contributed by atoms with E-state index in [0.29, 0.717) is 16.9 Å². The molecule has 0 spiro atoms. The maximum absolute atomic E-state index is 12.4. The Kier molecular flexibility index (Phi) is 5.80. The normalized spacial score (nSPS) is 10.2. The summed E-state index contributed by atoms with van der Waals surface area (Å²) in [5, 5.41) is 5.53. The van der Waals surface area contributed by atoms with Gasteiger partial charge < -0.3 is 10.6 Å². The molecule has 0 radical (unpaired) electrons. The van der Waals surface area contributed by atoms with Crippen LogP contribution in [-0.4, -0.2) is 16.8 Å². The Hall–Kier alpha value is -2.51. The average molecular weight is 475 g/mol. The SMILES string of the molecule is O=C(Nc1ccc(Br)cc1)c1ccnc(C(=O)Nc2ccc(Br)cc2)c1. The molecule has 0 atom stereocenters. The van der Waals surface area contributed by atoms with Crippen molar-refractivity contribution in [2.45, 2.75) is 0 Å². The van der Waals surface area contributed by atoms with Crippen LogP contribution >= 0.6 is 31.9 Å². The van der Waals surface area contributed by atoms with Gasteiger partial charge in [-0.1, -0.05) is 31.9 Å². The maximum atomic E-state index is 12.4. The number of carbonyl (C=O) groups is 2. The summed E-state index contributed by atoms with van der Waals surface area (Å²) < 4.78 is 1.84. The molecule has 2 aromatic carbocycles. The molecule has 1 aromatic heterocycles. The number of amides is 2. The minimum Gasteiger partial charge on any atom is -0.322 e. The molecule has 2 N–H and O–H groups in total. The third kappa shape index (κ3) is 4.77. The molecule has 0 aliphatic heterocycles. The maximum Gasteiger partial charge on any atom is 0.274 e. The molecule has 2 amide bonds. The highest BCUT2D eigenvalue weighted by Gasteiger charge is 2.12. The number of halogens is 2. The van der Waals surface area contributed by atoms with E-state index >= 15 is 0 Å². The van der Waals surface area contributed by atoms with Crippen molar-refractivity contribution in [3.63, 3.8) is 0 Å². The average Bonchev–Trinajstić information content (AvgIpc) is 2.65. The smallest absolute Gasteiger partial charge is 0.274 e. The van der Waals surface area contributed by atoms with E-state index in [0.717, 1.165) is 8.95 Å². The molecule has 0 unspecified atom stereocenters. The molecule has 130 valence electrons. The number of hydrogen-bond donors (Lipinski definition) is 2. The summed E-state index contributed by atoms with van der Waals surface area (Å²) >= 11 is 6.69. The van der Waals surface area contributed by atoms with Crippen molar-refractivity contribution in [3.8, 4) is 0 Å². The summed E-state index contributed by atoms with van der Waals surface area (Å²) in [7, 11) is 0. The Morgan fingerprint density at radius 1 is 0.731 bits per heavy atom. The number of rotatable bonds is 4. The van der Waals surface area contributed by atoms with Crippen LogP contribution in [0.3, 0.4) is 0 Å². The van der Waals surface area contributed by atoms with E-state index in [1.54, 1.807) is 30.3 Å². The first-order chi connectivity index (χ1) is 12.5. The molecule has 3 aromatic rings. The van der Waals surface area contributed by atoms with E-state index in [1.807, 2.05) is 24.3 Å². The van der Waals surface area contributed by atoms with E-state index in [1.165, 1.54) is 12.3 Å². The molecule has 5 nitrogen and oxygen atoms in total. The van der Waals surface area contributed by atoms with Gasteiger partial charge in [-0.2, -0.15) is 0 Å². The van der Waals surface area contributed by atoms with Crippen LogP contribution in [-0.2, 0) is 0 Å². The van der Waals surface area contributed by atoms with Crippen molar-refractivity contribution in [1.29, 1.82) is 0 Å². The van der Waals surface area contributed by atoms with Crippen molar-refractivity contribution in [3.05, 3.63) is 87.1 Å². The fourth-order valence-electron chi connectivity index (χ4n) is 2.16. The van der Waals surface area contributed by atoms with Gasteiger partial charge in [-0.3, -0.25) is 14.6 Å². The lowest BCUT2D eigenvalue weighted by Gasteiger charge is -2.08. The summed E-state index contributed by atoms with van der Waals surface area (Å²) in [6, 6.07) is 17.4. The standard InChI is InChI=1S/C19H13Br2N3O2/c20-13-1-5-15(6-2-13)23-18(25)12-9-10-22-17(11-12)19(26)24-16-7-3-14(21)4-8-16/h1-11H,(H,23,25)(H,24,26). The van der Waals surface area contributed by atoms with Crippen LogP contribution in [0.2, 0.25) is 0 Å². The molecule has 0 saturated carbocycles. The van der Waals surface area contributed by atoms with Crippen molar-refractivity contribution in [2.75, 3.05) is 10.6 Å². The van der Waals surface area contributed by atoms with Gasteiger partial charge in [-0.25, -0.2) is 0 Å². The molecule has 0 saturated heterocycles. The topological polar surface area (TPSA) is 71.1 Å². The molecule has 0 fully saturated rings. The molecular weight excluding hydrogens is 462 g/mol. The van der Waals surface area contributed by atoms with Gasteiger partial charge in [0, 0.05) is 32.1 Å². The number of anilines is 2. The Labute approximate surface area is 167 Å². The van der Waals surface area contributed by atoms with Crippen molar-refractivity contribution >= 4 is 55.0 Å². The Balaban J connectivity index is 1.72. The number of benzene rings is 2. The predicted molar refractivity (Wildman–Crippen MR) is 108 cm³/mol. The van der Waals surface area contributed by atoms with Crippen LogP contribution in [0.1, 0.15) is 20.8 Å². The third-order valence-corrected chi connectivity index (χ3v) is 4.52. The number of pyridine rings is 1. The van der Waals surface area contributed by atoms with Gasteiger partial charge in [-0.15, -0.1) is 0 Å². The molecule has 7 heteroatoms. The van der Waals surface area contributed by atoms with Crippen LogP contribution < -0.4 is 10.6 Å². The van der Waals surface area contributed by atoms with Crippen molar-refractivity contribution in [2.24, 2.45) is 0 Å². The van der Waals surface area contributed by atoms with E-state index in [-0.39, 0.29) is 17.5 Å². The first kappa shape index (κ1) is 18.3. The lowest BCUT2D eigenvalue weighted by atomic mass is 10.2. The second-order valence-electron chi connectivity index (χ2n) is 5.35. The summed E-state index contributed by atoms with van der Waals surface area (Å²) in [6.07, 6.45) is 1.44. The minimum atomic E-state index is -0.384. The zero-order valence-electron chi connectivity index (χ0n) is 13.4. The summed E-state index contributed by atoms with van der Waals surface area (Å²) in [5.74, 6) is -0.696. The number of carbonyl (C=O) groups excluding carboxylic acids is 2. The highest BCUT2D eigenvalue weighted by atomic mass is 79.9. The second-order valence-corrected chi connectivity index (χ2v) is 7.18. The van der Waals surface area contributed by atoms with Gasteiger partial charge in [-0.05, 0) is 60.7 Å². The van der Waals surface area contributed by atoms with Crippen LogP contribution in [0.15, 0.2) is 75.8 Å². The molecule has 1 heterocycles. The fraction of sp³-hybridized carbons (Fsp3) is 0. The third-order valence-electron chi connectivity index (χ3n) is 3.46. The van der Waals surface area contributed by atoms with Crippen LogP contribution in [0.5, 0.6) is 0 Å². The second kappa shape index (κ2) is 8.25. The lowest BCUT2D eigenvalue weighted by Crippen LogP contribution is -2.17. The predicted octanol–water partition coefficient (Wildman–Crippen LogP) is 5.11. The lowest BCUT2D eigenvalue weighted by molar-refractivity contribution is 0.102. The molecule has 0 aliphatic carbocycles. The quantitative estimate of drug-likeness (QED) is 0.551. The van der Waals surface area contributed by atoms with Crippen LogP contribution in [0.4, 0.5) is 11.4 Å². The molecule has 0 bridgehead atoms. The van der Waals surface area contributed by atoms with Gasteiger partial charge >= 0.3 is 0 Å². The Morgan fingerprint density at radius 3 is 1.77 bits per heavy atom. The van der Waals surface area contributed by atoms with Gasteiger partial charge in [0.1, 0.15) is 5.69 Å². The number of hydrogen-bond acceptors (Lipinski definition) is 3. The number of nitrogens with zero attached hydrogens (tertiary/aromatic N) is 1. The summed E-state index contributed by atoms with van der Waals surface area (Å²) in [5.41, 5.74) is 1.82. The molecule has 26 heavy (non-hydrogen) atoms. The van der Waals surface area contributed by atoms with Crippen LogP contribution in [0.25, 0.3) is 0 Å². The van der Waals surface area contributed by atoms with E-state index < -0.39 is 0 Å². The summed E-state index contributed by atoms with van der Waals surface area (Å²) in [4.78, 5) is 28.8. The van der Waals surface area contributed by atoms with E-state index in [4.69, 9.17) is 0 Å².